The van der Waals surface area contributed by atoms with Crippen molar-refractivity contribution in [2.24, 2.45) is 0 Å². The maximum atomic E-state index is 11.8. The number of anilines is 1. The molecule has 1 aromatic carbocycles. The Labute approximate surface area is 110 Å². The maximum absolute atomic E-state index is 11.8. The second-order valence-electron chi connectivity index (χ2n) is 4.05. The van der Waals surface area contributed by atoms with Crippen LogP contribution >= 0.6 is 11.3 Å². The van der Waals surface area contributed by atoms with Crippen LogP contribution in [0.25, 0.3) is 0 Å². The molecule has 2 aromatic rings. The van der Waals surface area contributed by atoms with Gasteiger partial charge in [-0.05, 0) is 12.5 Å². The Morgan fingerprint density at radius 2 is 2.17 bits per heavy atom. The van der Waals surface area contributed by atoms with E-state index in [9.17, 15) is 4.79 Å². The molecule has 3 N–H and O–H groups in total. The van der Waals surface area contributed by atoms with Gasteiger partial charge in [0.05, 0.1) is 18.2 Å². The molecule has 0 aliphatic rings. The summed E-state index contributed by atoms with van der Waals surface area (Å²) in [4.78, 5) is 15.9. The van der Waals surface area contributed by atoms with Crippen molar-refractivity contribution in [1.29, 1.82) is 0 Å². The van der Waals surface area contributed by atoms with Crippen LogP contribution in [0.3, 0.4) is 0 Å². The fourth-order valence-electron chi connectivity index (χ4n) is 1.69. The summed E-state index contributed by atoms with van der Waals surface area (Å²) in [6.45, 7) is 1.96. The molecule has 0 spiro atoms. The van der Waals surface area contributed by atoms with Crippen molar-refractivity contribution < 1.29 is 4.79 Å². The van der Waals surface area contributed by atoms with Crippen LogP contribution < -0.4 is 11.1 Å². The van der Waals surface area contributed by atoms with Crippen LogP contribution in [0, 0.1) is 0 Å². The number of nitrogens with zero attached hydrogens (tertiary/aromatic N) is 1. The second-order valence-corrected chi connectivity index (χ2v) is 4.94. The average molecular weight is 261 g/mol. The van der Waals surface area contributed by atoms with Gasteiger partial charge in [0.15, 0.2) is 5.13 Å². The average Bonchev–Trinajstić information content (AvgIpc) is 2.75. The van der Waals surface area contributed by atoms with E-state index in [1.807, 2.05) is 42.6 Å². The lowest BCUT2D eigenvalue weighted by Crippen LogP contribution is -2.28. The zero-order valence-electron chi connectivity index (χ0n) is 10.1. The van der Waals surface area contributed by atoms with Gasteiger partial charge in [-0.3, -0.25) is 4.79 Å². The highest BCUT2D eigenvalue weighted by molar-refractivity contribution is 7.13. The van der Waals surface area contributed by atoms with E-state index in [1.165, 1.54) is 11.3 Å². The lowest BCUT2D eigenvalue weighted by atomic mass is 10.1. The lowest BCUT2D eigenvalue weighted by molar-refractivity contribution is -0.121. The Morgan fingerprint density at radius 1 is 1.44 bits per heavy atom. The van der Waals surface area contributed by atoms with Gasteiger partial charge in [0.25, 0.3) is 0 Å². The fourth-order valence-corrected chi connectivity index (χ4v) is 2.25. The molecular formula is C13H15N3OS. The highest BCUT2D eigenvalue weighted by Gasteiger charge is 2.11. The molecular weight excluding hydrogens is 246 g/mol. The number of hydrogen-bond donors (Lipinski definition) is 2. The van der Waals surface area contributed by atoms with Gasteiger partial charge in [-0.2, -0.15) is 0 Å². The molecule has 5 heteroatoms. The molecule has 1 heterocycles. The number of hydrogen-bond acceptors (Lipinski definition) is 4. The molecule has 18 heavy (non-hydrogen) atoms. The standard InChI is InChI=1S/C13H15N3OS/c1-9(10-5-3-2-4-6-10)15-12(17)7-11-8-18-13(14)16-11/h2-6,8-9H,7H2,1H3,(H2,14,16)(H,15,17). The molecule has 0 radical (unpaired) electrons. The molecule has 1 atom stereocenters. The van der Waals surface area contributed by atoms with Gasteiger partial charge in [-0.15, -0.1) is 11.3 Å². The predicted molar refractivity (Wildman–Crippen MR) is 73.2 cm³/mol. The van der Waals surface area contributed by atoms with Crippen LogP contribution in [-0.2, 0) is 11.2 Å². The van der Waals surface area contributed by atoms with Crippen molar-refractivity contribution in [2.45, 2.75) is 19.4 Å². The third kappa shape index (κ3) is 3.30. The summed E-state index contributed by atoms with van der Waals surface area (Å²) in [6, 6.07) is 9.85. The van der Waals surface area contributed by atoms with Crippen LogP contribution in [-0.4, -0.2) is 10.9 Å². The van der Waals surface area contributed by atoms with Crippen molar-refractivity contribution >= 4 is 22.4 Å². The molecule has 94 valence electrons. The first kappa shape index (κ1) is 12.6. The number of nitrogens with one attached hydrogen (secondary N) is 1. The van der Waals surface area contributed by atoms with Gasteiger partial charge in [0, 0.05) is 5.38 Å². The van der Waals surface area contributed by atoms with Crippen LogP contribution in [0.1, 0.15) is 24.2 Å². The zero-order chi connectivity index (χ0) is 13.0. The number of rotatable bonds is 4. The minimum absolute atomic E-state index is 0.00492. The molecule has 0 fully saturated rings. The number of thiazole rings is 1. The fraction of sp³-hybridized carbons (Fsp3) is 0.231. The second kappa shape index (κ2) is 5.64. The number of benzene rings is 1. The van der Waals surface area contributed by atoms with Crippen molar-refractivity contribution in [3.63, 3.8) is 0 Å². The van der Waals surface area contributed by atoms with Gasteiger partial charge < -0.3 is 11.1 Å². The van der Waals surface area contributed by atoms with Gasteiger partial charge >= 0.3 is 0 Å². The van der Waals surface area contributed by atoms with Crippen LogP contribution in [0.4, 0.5) is 5.13 Å². The van der Waals surface area contributed by atoms with Gasteiger partial charge in [-0.25, -0.2) is 4.98 Å². The summed E-state index contributed by atoms with van der Waals surface area (Å²) in [7, 11) is 0. The van der Waals surface area contributed by atoms with E-state index in [0.29, 0.717) is 5.13 Å². The topological polar surface area (TPSA) is 68.0 Å². The summed E-state index contributed by atoms with van der Waals surface area (Å²) in [5, 5.41) is 5.24. The molecule has 2 rings (SSSR count). The molecule has 4 nitrogen and oxygen atoms in total. The Hall–Kier alpha value is -1.88. The molecule has 0 bridgehead atoms. The summed E-state index contributed by atoms with van der Waals surface area (Å²) in [5.74, 6) is -0.0448. The minimum atomic E-state index is -0.0448. The number of carbonyl (C=O) groups is 1. The monoisotopic (exact) mass is 261 g/mol. The molecule has 1 unspecified atom stereocenters. The van der Waals surface area contributed by atoms with E-state index in [0.717, 1.165) is 11.3 Å². The van der Waals surface area contributed by atoms with E-state index in [2.05, 4.69) is 10.3 Å². The highest BCUT2D eigenvalue weighted by Crippen LogP contribution is 2.13. The third-order valence-electron chi connectivity index (χ3n) is 2.59. The van der Waals surface area contributed by atoms with Crippen molar-refractivity contribution in [3.05, 3.63) is 47.0 Å². The van der Waals surface area contributed by atoms with Gasteiger partial charge in [0.2, 0.25) is 5.91 Å². The SMILES string of the molecule is CC(NC(=O)Cc1csc(N)n1)c1ccccc1. The van der Waals surface area contributed by atoms with Gasteiger partial charge in [0.1, 0.15) is 0 Å². The minimum Gasteiger partial charge on any atom is -0.375 e. The van der Waals surface area contributed by atoms with E-state index >= 15 is 0 Å². The quantitative estimate of drug-likeness (QED) is 0.886. The van der Waals surface area contributed by atoms with Crippen LogP contribution in [0.5, 0.6) is 0 Å². The van der Waals surface area contributed by atoms with E-state index < -0.39 is 0 Å². The van der Waals surface area contributed by atoms with Crippen LogP contribution in [0.15, 0.2) is 35.7 Å². The largest absolute Gasteiger partial charge is 0.375 e. The van der Waals surface area contributed by atoms with E-state index in [-0.39, 0.29) is 18.4 Å². The third-order valence-corrected chi connectivity index (χ3v) is 3.31. The summed E-state index contributed by atoms with van der Waals surface area (Å²) < 4.78 is 0. The normalized spacial score (nSPS) is 12.1. The number of nitrogen functional groups attached to an aromatic ring is 1. The van der Waals surface area contributed by atoms with E-state index in [1.54, 1.807) is 0 Å². The van der Waals surface area contributed by atoms with Crippen molar-refractivity contribution in [3.8, 4) is 0 Å². The number of nitrogens with two attached hydrogens (primary N) is 1. The predicted octanol–water partition coefficient (Wildman–Crippen LogP) is 2.15. The molecule has 0 aliphatic heterocycles. The number of carbonyl (C=O) groups excluding carboxylic acids is 1. The van der Waals surface area contributed by atoms with Gasteiger partial charge in [-0.1, -0.05) is 30.3 Å². The molecule has 1 aromatic heterocycles. The highest BCUT2D eigenvalue weighted by atomic mass is 32.1. The number of aromatic nitrogens is 1. The Morgan fingerprint density at radius 3 is 2.78 bits per heavy atom. The maximum Gasteiger partial charge on any atom is 0.226 e. The summed E-state index contributed by atoms with van der Waals surface area (Å²) in [6.07, 6.45) is 0.269. The molecule has 1 amide bonds. The summed E-state index contributed by atoms with van der Waals surface area (Å²) >= 11 is 1.35. The Kier molecular flexibility index (Phi) is 3.94. The van der Waals surface area contributed by atoms with E-state index in [4.69, 9.17) is 5.73 Å². The molecule has 0 aliphatic carbocycles. The molecule has 0 saturated heterocycles. The lowest BCUT2D eigenvalue weighted by Gasteiger charge is -2.13. The Balaban J connectivity index is 1.92. The number of amides is 1. The molecule has 0 saturated carbocycles. The van der Waals surface area contributed by atoms with Crippen LogP contribution in [0.2, 0.25) is 0 Å². The Bertz CT molecular complexity index is 524. The zero-order valence-corrected chi connectivity index (χ0v) is 10.9. The first-order chi connectivity index (χ1) is 8.65. The first-order valence-corrected chi connectivity index (χ1v) is 6.57. The smallest absolute Gasteiger partial charge is 0.226 e. The summed E-state index contributed by atoms with van der Waals surface area (Å²) in [5.41, 5.74) is 7.33. The first-order valence-electron chi connectivity index (χ1n) is 5.69. The van der Waals surface area contributed by atoms with Crippen molar-refractivity contribution in [1.82, 2.24) is 10.3 Å². The van der Waals surface area contributed by atoms with Crippen molar-refractivity contribution in [2.75, 3.05) is 5.73 Å².